The molecule has 0 saturated carbocycles. The molecular weight excluding hydrogens is 460 g/mol. The fourth-order valence-electron chi connectivity index (χ4n) is 5.82. The Kier molecular flexibility index (Phi) is 10.9. The van der Waals surface area contributed by atoms with Crippen molar-refractivity contribution < 1.29 is 19.0 Å². The maximum Gasteiger partial charge on any atom is 0.162 e. The van der Waals surface area contributed by atoms with E-state index in [0.717, 1.165) is 69.1 Å². The van der Waals surface area contributed by atoms with Crippen LogP contribution in [0.2, 0.25) is 0 Å². The monoisotopic (exact) mass is 508 g/mol. The summed E-state index contributed by atoms with van der Waals surface area (Å²) in [7, 11) is 1.75. The molecule has 3 rings (SSSR count). The summed E-state index contributed by atoms with van der Waals surface area (Å²) in [4.78, 5) is 13.1. The van der Waals surface area contributed by atoms with Crippen LogP contribution in [-0.2, 0) is 27.1 Å². The third-order valence-electron chi connectivity index (χ3n) is 7.83. The number of aryl methyl sites for hydroxylation is 1. The first-order valence-electron chi connectivity index (χ1n) is 14.2. The Labute approximate surface area is 225 Å². The van der Waals surface area contributed by atoms with Crippen LogP contribution >= 0.6 is 0 Å². The Morgan fingerprint density at radius 3 is 2.51 bits per heavy atom. The quantitative estimate of drug-likeness (QED) is 0.246. The van der Waals surface area contributed by atoms with Gasteiger partial charge in [0.25, 0.3) is 0 Å². The lowest BCUT2D eigenvalue weighted by molar-refractivity contribution is -0.178. The molecule has 37 heavy (non-hydrogen) atoms. The van der Waals surface area contributed by atoms with E-state index < -0.39 is 0 Å². The molecule has 1 fully saturated rings. The lowest BCUT2D eigenvalue weighted by atomic mass is 9.80. The molecular formula is C33H48O4. The van der Waals surface area contributed by atoms with Crippen molar-refractivity contribution in [1.82, 2.24) is 0 Å². The maximum atomic E-state index is 13.1. The molecule has 0 bridgehead atoms. The topological polar surface area (TPSA) is 44.8 Å². The van der Waals surface area contributed by atoms with Crippen molar-refractivity contribution in [2.75, 3.05) is 13.7 Å². The molecule has 2 aromatic rings. The van der Waals surface area contributed by atoms with Crippen LogP contribution in [0.4, 0.5) is 0 Å². The maximum absolute atomic E-state index is 13.1. The number of benzene rings is 2. The van der Waals surface area contributed by atoms with Crippen molar-refractivity contribution in [3.63, 3.8) is 0 Å². The Morgan fingerprint density at radius 1 is 1.11 bits per heavy atom. The number of hydrogen-bond acceptors (Lipinski definition) is 4. The van der Waals surface area contributed by atoms with Gasteiger partial charge in [0, 0.05) is 45.0 Å². The van der Waals surface area contributed by atoms with Gasteiger partial charge in [-0.25, -0.2) is 0 Å². The third kappa shape index (κ3) is 8.77. The van der Waals surface area contributed by atoms with E-state index in [1.165, 1.54) is 11.1 Å². The highest BCUT2D eigenvalue weighted by Gasteiger charge is 2.41. The fourth-order valence-corrected chi connectivity index (χ4v) is 5.82. The first-order valence-corrected chi connectivity index (χ1v) is 14.2. The summed E-state index contributed by atoms with van der Waals surface area (Å²) in [6, 6.07) is 16.7. The Balaban J connectivity index is 1.65. The van der Waals surface area contributed by atoms with Gasteiger partial charge in [-0.3, -0.25) is 4.79 Å². The summed E-state index contributed by atoms with van der Waals surface area (Å²) in [5, 5.41) is 0. The van der Waals surface area contributed by atoms with Gasteiger partial charge in [-0.2, -0.15) is 0 Å². The summed E-state index contributed by atoms with van der Waals surface area (Å²) >= 11 is 0. The minimum absolute atomic E-state index is 0.140. The van der Waals surface area contributed by atoms with E-state index in [9.17, 15) is 4.79 Å². The summed E-state index contributed by atoms with van der Waals surface area (Å²) in [6.07, 6.45) is 8.24. The van der Waals surface area contributed by atoms with Crippen molar-refractivity contribution in [2.45, 2.75) is 116 Å². The second-order valence-electron chi connectivity index (χ2n) is 11.4. The van der Waals surface area contributed by atoms with Crippen molar-refractivity contribution in [1.29, 1.82) is 0 Å². The molecule has 1 saturated heterocycles. The number of ketones is 1. The fraction of sp³-hybridized carbons (Fsp3) is 0.606. The van der Waals surface area contributed by atoms with Crippen LogP contribution < -0.4 is 0 Å². The van der Waals surface area contributed by atoms with Gasteiger partial charge in [0.2, 0.25) is 0 Å². The van der Waals surface area contributed by atoms with E-state index >= 15 is 0 Å². The van der Waals surface area contributed by atoms with Crippen molar-refractivity contribution in [3.05, 3.63) is 70.8 Å². The van der Waals surface area contributed by atoms with Gasteiger partial charge < -0.3 is 14.2 Å². The summed E-state index contributed by atoms with van der Waals surface area (Å²) in [5.74, 6) is 0.213. The number of rotatable bonds is 14. The van der Waals surface area contributed by atoms with Crippen LogP contribution in [-0.4, -0.2) is 42.9 Å². The number of methoxy groups -OCH3 is 1. The van der Waals surface area contributed by atoms with Gasteiger partial charge in [-0.1, -0.05) is 55.8 Å². The predicted octanol–water partition coefficient (Wildman–Crippen LogP) is 7.68. The molecule has 1 aliphatic rings. The molecule has 3 unspecified atom stereocenters. The molecule has 0 radical (unpaired) electrons. The van der Waals surface area contributed by atoms with Gasteiger partial charge in [0.05, 0.1) is 23.4 Å². The molecule has 0 aliphatic carbocycles. The molecule has 1 aliphatic heterocycles. The average molecular weight is 509 g/mol. The second-order valence-corrected chi connectivity index (χ2v) is 11.4. The Hall–Kier alpha value is -2.01. The highest BCUT2D eigenvalue weighted by Crippen LogP contribution is 2.39. The van der Waals surface area contributed by atoms with Crippen LogP contribution in [0.25, 0.3) is 0 Å². The van der Waals surface area contributed by atoms with Gasteiger partial charge in [-0.15, -0.1) is 0 Å². The largest absolute Gasteiger partial charge is 0.378 e. The third-order valence-corrected chi connectivity index (χ3v) is 7.83. The normalized spacial score (nSPS) is 22.2. The highest BCUT2D eigenvalue weighted by molar-refractivity contribution is 5.96. The molecule has 0 aromatic heterocycles. The molecule has 0 amide bonds. The zero-order valence-electron chi connectivity index (χ0n) is 24.0. The van der Waals surface area contributed by atoms with E-state index in [4.69, 9.17) is 14.2 Å². The van der Waals surface area contributed by atoms with E-state index in [2.05, 4.69) is 71.0 Å². The highest BCUT2D eigenvalue weighted by atomic mass is 16.5. The minimum Gasteiger partial charge on any atom is -0.378 e. The van der Waals surface area contributed by atoms with Crippen LogP contribution in [0.3, 0.4) is 0 Å². The zero-order valence-corrected chi connectivity index (χ0v) is 24.0. The molecule has 3 atom stereocenters. The van der Waals surface area contributed by atoms with Crippen LogP contribution in [0.5, 0.6) is 0 Å². The summed E-state index contributed by atoms with van der Waals surface area (Å²) in [6.45, 7) is 11.3. The number of carbonyl (C=O) groups is 1. The van der Waals surface area contributed by atoms with E-state index in [-0.39, 0.29) is 29.2 Å². The average Bonchev–Trinajstić information content (AvgIpc) is 2.86. The molecule has 4 heteroatoms. The lowest BCUT2D eigenvalue weighted by Crippen LogP contribution is -2.47. The molecule has 1 heterocycles. The second kappa shape index (κ2) is 13.7. The Bertz CT molecular complexity index is 983. The molecule has 0 spiro atoms. The van der Waals surface area contributed by atoms with E-state index in [1.807, 2.05) is 12.1 Å². The smallest absolute Gasteiger partial charge is 0.162 e. The number of ether oxygens (including phenoxy) is 3. The van der Waals surface area contributed by atoms with Gasteiger partial charge in [-0.05, 0) is 76.1 Å². The Morgan fingerprint density at radius 2 is 1.86 bits per heavy atom. The van der Waals surface area contributed by atoms with Crippen LogP contribution in [0.15, 0.2) is 48.5 Å². The number of carbonyl (C=O) groups excluding carboxylic acids is 1. The predicted molar refractivity (Wildman–Crippen MR) is 151 cm³/mol. The van der Waals surface area contributed by atoms with Crippen LogP contribution in [0, 0.1) is 6.92 Å². The molecule has 4 nitrogen and oxygen atoms in total. The van der Waals surface area contributed by atoms with E-state index in [1.54, 1.807) is 7.11 Å². The number of hydrogen-bond donors (Lipinski definition) is 0. The molecule has 0 N–H and O–H groups in total. The van der Waals surface area contributed by atoms with E-state index in [0.29, 0.717) is 6.42 Å². The minimum atomic E-state index is -0.224. The standard InChI is InChI=1S/C33H48O4/c1-7-18-33(24-30(36-8-2)22-29(37-33)21-26-13-10-9-11-14-26)19-12-15-31(34)27-16-17-28(25(3)20-27)23-32(4,5)35-6/h9-11,13-14,16-17,20,29-30H,7-8,12,15,18-19,21-24H2,1-6H3. The number of Topliss-reactive ketones (excluding diaryl/α,β-unsaturated/α-hetero) is 1. The molecule has 204 valence electrons. The van der Waals surface area contributed by atoms with Crippen molar-refractivity contribution in [2.24, 2.45) is 0 Å². The lowest BCUT2D eigenvalue weighted by Gasteiger charge is -2.45. The van der Waals surface area contributed by atoms with Gasteiger partial charge in [0.1, 0.15) is 0 Å². The van der Waals surface area contributed by atoms with Crippen molar-refractivity contribution >= 4 is 5.78 Å². The first-order chi connectivity index (χ1) is 17.7. The first kappa shape index (κ1) is 29.5. The van der Waals surface area contributed by atoms with Gasteiger partial charge in [0.15, 0.2) is 5.78 Å². The zero-order chi connectivity index (χ0) is 26.9. The molecule has 2 aromatic carbocycles. The SMILES string of the molecule is CCCC1(CCCC(=O)c2ccc(CC(C)(C)OC)c(C)c2)CC(OCC)CC(Cc2ccccc2)O1. The van der Waals surface area contributed by atoms with Gasteiger partial charge >= 0.3 is 0 Å². The summed E-state index contributed by atoms with van der Waals surface area (Å²) < 4.78 is 18.6. The summed E-state index contributed by atoms with van der Waals surface area (Å²) in [5.41, 5.74) is 4.04. The van der Waals surface area contributed by atoms with Crippen LogP contribution in [0.1, 0.15) is 99.7 Å². The van der Waals surface area contributed by atoms with Crippen molar-refractivity contribution in [3.8, 4) is 0 Å².